The van der Waals surface area contributed by atoms with Gasteiger partial charge < -0.3 is 9.64 Å². The molecule has 2 heterocycles. The van der Waals surface area contributed by atoms with Crippen LogP contribution in [0.15, 0.2) is 17.2 Å². The van der Waals surface area contributed by atoms with E-state index in [-0.39, 0.29) is 0 Å². The van der Waals surface area contributed by atoms with Crippen LogP contribution in [0.5, 0.6) is 5.75 Å². The maximum absolute atomic E-state index is 6.05. The summed E-state index contributed by atoms with van der Waals surface area (Å²) in [5.41, 5.74) is 7.64. The normalized spacial score (nSPS) is 16.5. The maximum Gasteiger partial charge on any atom is 0.186 e. The van der Waals surface area contributed by atoms with Gasteiger partial charge in [-0.05, 0) is 35.4 Å². The van der Waals surface area contributed by atoms with Crippen LogP contribution in [0.3, 0.4) is 0 Å². The Labute approximate surface area is 170 Å². The number of rotatable bonds is 7. The molecule has 1 atom stereocenters. The van der Waals surface area contributed by atoms with Crippen LogP contribution in [0.4, 0.5) is 10.8 Å². The fourth-order valence-electron chi connectivity index (χ4n) is 3.56. The van der Waals surface area contributed by atoms with Gasteiger partial charge in [-0.2, -0.15) is 17.3 Å². The second kappa shape index (κ2) is 8.78. The molecule has 1 unspecified atom stereocenters. The Kier molecular flexibility index (Phi) is 6.63. The van der Waals surface area contributed by atoms with Gasteiger partial charge in [0.05, 0.1) is 16.8 Å². The number of nitrogens with zero attached hydrogens (tertiary/aromatic N) is 3. The Morgan fingerprint density at radius 1 is 1.30 bits per heavy atom. The van der Waals surface area contributed by atoms with E-state index in [1.807, 2.05) is 23.9 Å². The van der Waals surface area contributed by atoms with Gasteiger partial charge in [0.2, 0.25) is 0 Å². The number of hydrogen-bond donors (Lipinski definition) is 1. The van der Waals surface area contributed by atoms with Crippen molar-refractivity contribution in [3.05, 3.63) is 12.1 Å². The number of aromatic nitrogens is 1. The molecule has 1 saturated heterocycles. The number of thiazole rings is 1. The predicted molar refractivity (Wildman–Crippen MR) is 117 cm³/mol. The van der Waals surface area contributed by atoms with Crippen molar-refractivity contribution in [3.63, 3.8) is 0 Å². The lowest BCUT2D eigenvalue weighted by Gasteiger charge is -2.25. The van der Waals surface area contributed by atoms with Gasteiger partial charge in [0.15, 0.2) is 16.6 Å². The van der Waals surface area contributed by atoms with Gasteiger partial charge in [-0.15, -0.1) is 0 Å². The molecule has 0 radical (unpaired) electrons. The molecule has 1 fully saturated rings. The van der Waals surface area contributed by atoms with Crippen LogP contribution in [0.2, 0.25) is 0 Å². The van der Waals surface area contributed by atoms with E-state index in [0.717, 1.165) is 40.6 Å². The van der Waals surface area contributed by atoms with E-state index in [2.05, 4.69) is 37.7 Å². The lowest BCUT2D eigenvalue weighted by molar-refractivity contribution is -0.210. The number of benzene rings is 1. The minimum atomic E-state index is 0.347. The Balaban J connectivity index is 1.70. The maximum atomic E-state index is 6.05. The summed E-state index contributed by atoms with van der Waals surface area (Å²) in [6.07, 6.45) is 2.21. The fraction of sp³-hybridized carbons (Fsp3) is 0.650. The summed E-state index contributed by atoms with van der Waals surface area (Å²) in [5.74, 6) is 3.69. The number of thioether (sulfide) groups is 1. The molecular formula is C20H31N4OS2+. The highest BCUT2D eigenvalue weighted by molar-refractivity contribution is 7.99. The van der Waals surface area contributed by atoms with E-state index in [9.17, 15) is 0 Å². The Morgan fingerprint density at radius 2 is 2.04 bits per heavy atom. The van der Waals surface area contributed by atoms with Crippen LogP contribution >= 0.6 is 23.1 Å². The van der Waals surface area contributed by atoms with E-state index < -0.39 is 0 Å². The summed E-state index contributed by atoms with van der Waals surface area (Å²) in [4.78, 5) is 7.21. The molecule has 0 aliphatic carbocycles. The van der Waals surface area contributed by atoms with Gasteiger partial charge in [-0.3, -0.25) is 0 Å². The Bertz CT molecular complexity index is 778. The topological polar surface area (TPSA) is 63.3 Å². The van der Waals surface area contributed by atoms with Gasteiger partial charge in [0, 0.05) is 30.7 Å². The smallest absolute Gasteiger partial charge is 0.186 e. The third kappa shape index (κ3) is 5.57. The Morgan fingerprint density at radius 3 is 2.70 bits per heavy atom. The fourth-order valence-corrected chi connectivity index (χ4v) is 5.49. The molecule has 1 aromatic carbocycles. The molecule has 2 N–H and O–H groups in total. The van der Waals surface area contributed by atoms with Crippen molar-refractivity contribution in [3.8, 4) is 5.75 Å². The van der Waals surface area contributed by atoms with Gasteiger partial charge in [-0.25, -0.2) is 4.98 Å². The molecule has 7 heteroatoms. The molecule has 148 valence electrons. The molecule has 0 amide bonds. The first-order valence-electron chi connectivity index (χ1n) is 9.67. The minimum Gasteiger partial charge on any atom is -0.491 e. The number of hydrogen-bond acceptors (Lipinski definition) is 6. The van der Waals surface area contributed by atoms with Crippen molar-refractivity contribution in [2.24, 2.45) is 16.4 Å². The van der Waals surface area contributed by atoms with Crippen LogP contribution in [0.25, 0.3) is 10.2 Å². The first-order chi connectivity index (χ1) is 12.9. The van der Waals surface area contributed by atoms with Crippen molar-refractivity contribution < 1.29 is 10.3 Å². The van der Waals surface area contributed by atoms with Crippen molar-refractivity contribution >= 4 is 44.1 Å². The highest BCUT2D eigenvalue weighted by atomic mass is 32.2. The van der Waals surface area contributed by atoms with Crippen molar-refractivity contribution in [1.29, 1.82) is 0 Å². The summed E-state index contributed by atoms with van der Waals surface area (Å²) in [5, 5.41) is 5.02. The van der Waals surface area contributed by atoms with Crippen molar-refractivity contribution in [1.82, 2.24) is 4.98 Å². The van der Waals surface area contributed by atoms with Crippen LogP contribution in [-0.2, 0) is 0 Å². The molecule has 1 aromatic heterocycles. The Hall–Kier alpha value is -1.34. The monoisotopic (exact) mass is 407 g/mol. The largest absolute Gasteiger partial charge is 0.491 e. The third-order valence-corrected chi connectivity index (χ3v) is 6.73. The molecule has 0 saturated carbocycles. The average molecular weight is 408 g/mol. The zero-order valence-electron chi connectivity index (χ0n) is 16.8. The summed E-state index contributed by atoms with van der Waals surface area (Å²) >= 11 is 3.72. The molecule has 27 heavy (non-hydrogen) atoms. The highest BCUT2D eigenvalue weighted by Gasteiger charge is 2.18. The lowest BCUT2D eigenvalue weighted by atomic mass is 9.84. The molecule has 1 aliphatic rings. The predicted octanol–water partition coefficient (Wildman–Crippen LogP) is 4.53. The van der Waals surface area contributed by atoms with Crippen LogP contribution in [0, 0.1) is 11.3 Å². The second-order valence-corrected chi connectivity index (χ2v) is 10.8. The first kappa shape index (κ1) is 20.4. The van der Waals surface area contributed by atoms with Gasteiger partial charge in [0.1, 0.15) is 0 Å². The molecular weight excluding hydrogens is 376 g/mol. The van der Waals surface area contributed by atoms with Gasteiger partial charge in [0.25, 0.3) is 0 Å². The lowest BCUT2D eigenvalue weighted by Crippen LogP contribution is -2.32. The first-order valence-corrected chi connectivity index (χ1v) is 11.6. The molecule has 3 rings (SSSR count). The number of nitrogens with two attached hydrogens (primary N) is 1. The SMILES string of the molecule is CC(CCOc1cc2nc(N3CCSCC3)sc2cc1N=[NH2+])CC(C)(C)C. The summed E-state index contributed by atoms with van der Waals surface area (Å²) < 4.78 is 7.16. The van der Waals surface area contributed by atoms with Crippen LogP contribution in [0.1, 0.15) is 40.5 Å². The number of anilines is 1. The standard InChI is InChI=1S/C20H30N4OS2/c1-14(13-20(2,3)4)5-8-25-17-11-16-18(12-15(17)23-21)27-19(22-16)24-6-9-26-10-7-24/h11-12,14,21H,5-10,13H2,1-4H3/p+1. The van der Waals surface area contributed by atoms with E-state index >= 15 is 0 Å². The van der Waals surface area contributed by atoms with Gasteiger partial charge in [-0.1, -0.05) is 39.0 Å². The van der Waals surface area contributed by atoms with Gasteiger partial charge >= 0.3 is 0 Å². The van der Waals surface area contributed by atoms with Crippen molar-refractivity contribution in [2.45, 2.75) is 40.5 Å². The number of ether oxygens (including phenoxy) is 1. The van der Waals surface area contributed by atoms with Crippen LogP contribution in [-0.4, -0.2) is 36.2 Å². The quantitative estimate of drug-likeness (QED) is 0.685. The molecule has 2 aromatic rings. The zero-order chi connectivity index (χ0) is 19.4. The summed E-state index contributed by atoms with van der Waals surface area (Å²) in [7, 11) is 0. The zero-order valence-corrected chi connectivity index (χ0v) is 18.5. The third-order valence-electron chi connectivity index (χ3n) is 4.71. The highest BCUT2D eigenvalue weighted by Crippen LogP contribution is 2.38. The van der Waals surface area contributed by atoms with Crippen molar-refractivity contribution in [2.75, 3.05) is 36.1 Å². The molecule has 5 nitrogen and oxygen atoms in total. The van der Waals surface area contributed by atoms with E-state index in [4.69, 9.17) is 15.3 Å². The summed E-state index contributed by atoms with van der Waals surface area (Å²) in [6.45, 7) is 11.9. The summed E-state index contributed by atoms with van der Waals surface area (Å²) in [6, 6.07) is 4.00. The van der Waals surface area contributed by atoms with Crippen LogP contribution < -0.4 is 15.2 Å². The average Bonchev–Trinajstić information content (AvgIpc) is 3.03. The van der Waals surface area contributed by atoms with E-state index in [1.54, 1.807) is 11.3 Å². The number of fused-ring (bicyclic) bond motifs is 1. The molecule has 0 spiro atoms. The second-order valence-electron chi connectivity index (χ2n) is 8.52. The van der Waals surface area contributed by atoms with E-state index in [0.29, 0.717) is 23.6 Å². The molecule has 1 aliphatic heterocycles. The van der Waals surface area contributed by atoms with E-state index in [1.165, 1.54) is 17.9 Å². The molecule has 0 bridgehead atoms. The minimum absolute atomic E-state index is 0.347.